The molecule has 0 atom stereocenters. The van der Waals surface area contributed by atoms with E-state index < -0.39 is 0 Å². The number of aromatic nitrogens is 5. The second kappa shape index (κ2) is 12.9. The van der Waals surface area contributed by atoms with Crippen molar-refractivity contribution >= 4 is 41.0 Å². The molecule has 0 bridgehead atoms. The van der Waals surface area contributed by atoms with E-state index in [-0.39, 0.29) is 16.5 Å². The van der Waals surface area contributed by atoms with Crippen LogP contribution in [0.15, 0.2) is 101 Å². The summed E-state index contributed by atoms with van der Waals surface area (Å²) >= 11 is 3.29. The van der Waals surface area contributed by atoms with Gasteiger partial charge in [-0.05, 0) is 82.0 Å². The standard InChI is InChI=1S/C35H35N7O2S2/c1-22-10-13-25(14-11-22)42-32(19-30(40-42)35(3,4)45-5)37-34(44)36-20-24-8-6-7-9-29(24)46-26-15-17-31-38-39-33(41(31)21-26)27-18-23(2)12-16-28(27)43/h6-19,21,43H,20H2,1-5H3,(H2,36,37,44). The van der Waals surface area contributed by atoms with Crippen molar-refractivity contribution in [1.29, 1.82) is 0 Å². The maximum atomic E-state index is 13.2. The fraction of sp³-hybridized carbons (Fsp3) is 0.200. The number of phenols is 1. The van der Waals surface area contributed by atoms with Gasteiger partial charge in [-0.2, -0.15) is 16.9 Å². The zero-order valence-electron chi connectivity index (χ0n) is 26.3. The molecule has 0 spiro atoms. The van der Waals surface area contributed by atoms with Gasteiger partial charge >= 0.3 is 6.03 Å². The fourth-order valence-corrected chi connectivity index (χ4v) is 6.18. The highest BCUT2D eigenvalue weighted by Gasteiger charge is 2.25. The van der Waals surface area contributed by atoms with Crippen molar-refractivity contribution in [3.05, 3.63) is 114 Å². The zero-order valence-corrected chi connectivity index (χ0v) is 27.9. The summed E-state index contributed by atoms with van der Waals surface area (Å²) in [6.45, 7) is 8.58. The largest absolute Gasteiger partial charge is 0.507 e. The molecule has 0 aliphatic heterocycles. The van der Waals surface area contributed by atoms with Crippen molar-refractivity contribution in [2.24, 2.45) is 0 Å². The van der Waals surface area contributed by atoms with Crippen LogP contribution >= 0.6 is 23.5 Å². The number of benzene rings is 3. The molecule has 0 saturated carbocycles. The lowest BCUT2D eigenvalue weighted by molar-refractivity contribution is 0.251. The van der Waals surface area contributed by atoms with Crippen molar-refractivity contribution in [3.63, 3.8) is 0 Å². The van der Waals surface area contributed by atoms with Crippen molar-refractivity contribution in [1.82, 2.24) is 29.7 Å². The third kappa shape index (κ3) is 6.61. The van der Waals surface area contributed by atoms with Gasteiger partial charge in [-0.3, -0.25) is 9.72 Å². The highest BCUT2D eigenvalue weighted by atomic mass is 32.2. The number of fused-ring (bicyclic) bond motifs is 1. The number of pyridine rings is 1. The fourth-order valence-electron chi connectivity index (χ4n) is 4.91. The summed E-state index contributed by atoms with van der Waals surface area (Å²) in [6, 6.07) is 27.0. The quantitative estimate of drug-likeness (QED) is 0.146. The number of hydrogen-bond donors (Lipinski definition) is 3. The Hall–Kier alpha value is -4.74. The number of aryl methyl sites for hydroxylation is 2. The average Bonchev–Trinajstić information content (AvgIpc) is 3.67. The minimum atomic E-state index is -0.324. The van der Waals surface area contributed by atoms with Gasteiger partial charge in [0, 0.05) is 28.6 Å². The van der Waals surface area contributed by atoms with Crippen LogP contribution in [-0.2, 0) is 11.3 Å². The van der Waals surface area contributed by atoms with E-state index in [0.29, 0.717) is 29.4 Å². The predicted octanol–water partition coefficient (Wildman–Crippen LogP) is 7.98. The number of hydrogen-bond acceptors (Lipinski definition) is 7. The molecular weight excluding hydrogens is 615 g/mol. The van der Waals surface area contributed by atoms with Gasteiger partial charge in [0.25, 0.3) is 0 Å². The molecule has 0 radical (unpaired) electrons. The van der Waals surface area contributed by atoms with Gasteiger partial charge in [0.2, 0.25) is 0 Å². The number of carbonyl (C=O) groups is 1. The first kappa shape index (κ1) is 31.3. The summed E-state index contributed by atoms with van der Waals surface area (Å²) in [5.41, 5.74) is 6.19. The summed E-state index contributed by atoms with van der Waals surface area (Å²) in [5.74, 6) is 1.32. The molecule has 6 rings (SSSR count). The molecule has 3 heterocycles. The van der Waals surface area contributed by atoms with E-state index in [1.165, 1.54) is 0 Å². The van der Waals surface area contributed by atoms with Gasteiger partial charge < -0.3 is 10.4 Å². The van der Waals surface area contributed by atoms with Crippen LogP contribution in [0.1, 0.15) is 36.2 Å². The predicted molar refractivity (Wildman–Crippen MR) is 186 cm³/mol. The molecule has 46 heavy (non-hydrogen) atoms. The van der Waals surface area contributed by atoms with E-state index in [1.807, 2.05) is 103 Å². The Morgan fingerprint density at radius 2 is 1.70 bits per heavy atom. The Morgan fingerprint density at radius 1 is 0.935 bits per heavy atom. The van der Waals surface area contributed by atoms with E-state index >= 15 is 0 Å². The van der Waals surface area contributed by atoms with Crippen molar-refractivity contribution < 1.29 is 9.90 Å². The monoisotopic (exact) mass is 649 g/mol. The number of nitrogens with one attached hydrogen (secondary N) is 2. The Balaban J connectivity index is 1.20. The van der Waals surface area contributed by atoms with Gasteiger partial charge in [-0.1, -0.05) is 59.3 Å². The normalized spacial score (nSPS) is 11.6. The molecule has 6 aromatic rings. The molecule has 0 aliphatic rings. The molecule has 234 valence electrons. The molecule has 0 unspecified atom stereocenters. The molecule has 0 saturated heterocycles. The number of thioether (sulfide) groups is 1. The first-order valence-corrected chi connectivity index (χ1v) is 16.8. The number of rotatable bonds is 9. The van der Waals surface area contributed by atoms with Gasteiger partial charge in [0.1, 0.15) is 11.6 Å². The second-order valence-corrected chi connectivity index (χ2v) is 14.1. The molecule has 3 aromatic carbocycles. The maximum Gasteiger partial charge on any atom is 0.320 e. The lowest BCUT2D eigenvalue weighted by Gasteiger charge is -2.18. The number of amides is 2. The summed E-state index contributed by atoms with van der Waals surface area (Å²) in [5, 5.41) is 30.1. The Labute approximate surface area is 276 Å². The van der Waals surface area contributed by atoms with Gasteiger partial charge in [-0.25, -0.2) is 9.48 Å². The SMILES string of the molecule is CSC(C)(C)c1cc(NC(=O)NCc2ccccc2Sc2ccc3nnc(-c4cc(C)ccc4O)n3c2)n(-c2ccc(C)cc2)n1. The summed E-state index contributed by atoms with van der Waals surface area (Å²) in [6.07, 6.45) is 4.02. The molecule has 2 amide bonds. The van der Waals surface area contributed by atoms with Gasteiger partial charge in [0.05, 0.1) is 21.7 Å². The van der Waals surface area contributed by atoms with E-state index in [2.05, 4.69) is 40.9 Å². The van der Waals surface area contributed by atoms with Gasteiger partial charge in [0.15, 0.2) is 11.5 Å². The number of nitrogens with zero attached hydrogens (tertiary/aromatic N) is 5. The molecule has 9 nitrogen and oxygen atoms in total. The van der Waals surface area contributed by atoms with Crippen LogP contribution in [-0.4, -0.2) is 41.8 Å². The molecule has 3 aromatic heterocycles. The summed E-state index contributed by atoms with van der Waals surface area (Å²) < 4.78 is 3.44. The number of anilines is 1. The Kier molecular flexibility index (Phi) is 8.79. The van der Waals surface area contributed by atoms with E-state index in [1.54, 1.807) is 34.3 Å². The van der Waals surface area contributed by atoms with Crippen molar-refractivity contribution in [3.8, 4) is 22.8 Å². The minimum Gasteiger partial charge on any atom is -0.507 e. The number of phenolic OH excluding ortho intramolecular Hbond substituents is 1. The molecular formula is C35H35N7O2S2. The first-order chi connectivity index (χ1) is 22.1. The number of urea groups is 1. The maximum absolute atomic E-state index is 13.2. The Bertz CT molecular complexity index is 2030. The molecule has 3 N–H and O–H groups in total. The molecule has 11 heteroatoms. The third-order valence-electron chi connectivity index (χ3n) is 7.76. The molecule has 0 aliphatic carbocycles. The smallest absolute Gasteiger partial charge is 0.320 e. The highest BCUT2D eigenvalue weighted by Crippen LogP contribution is 2.36. The number of aromatic hydroxyl groups is 1. The molecule has 0 fully saturated rings. The number of carbonyl (C=O) groups excluding carboxylic acids is 1. The van der Waals surface area contributed by atoms with Gasteiger partial charge in [-0.15, -0.1) is 10.2 Å². The lowest BCUT2D eigenvalue weighted by Crippen LogP contribution is -2.29. The van der Waals surface area contributed by atoms with Crippen LogP contribution < -0.4 is 10.6 Å². The lowest BCUT2D eigenvalue weighted by atomic mass is 10.1. The second-order valence-electron chi connectivity index (χ2n) is 11.5. The van der Waals surface area contributed by atoms with E-state index in [4.69, 9.17) is 5.10 Å². The van der Waals surface area contributed by atoms with E-state index in [0.717, 1.165) is 37.9 Å². The Morgan fingerprint density at radius 3 is 2.48 bits per heavy atom. The van der Waals surface area contributed by atoms with Crippen molar-refractivity contribution in [2.75, 3.05) is 11.6 Å². The minimum absolute atomic E-state index is 0.152. The van der Waals surface area contributed by atoms with Crippen LogP contribution in [0, 0.1) is 13.8 Å². The van der Waals surface area contributed by atoms with Crippen LogP contribution in [0.2, 0.25) is 0 Å². The van der Waals surface area contributed by atoms with Crippen LogP contribution in [0.5, 0.6) is 5.75 Å². The topological polar surface area (TPSA) is 109 Å². The van der Waals surface area contributed by atoms with Crippen LogP contribution in [0.25, 0.3) is 22.7 Å². The van der Waals surface area contributed by atoms with E-state index in [9.17, 15) is 9.90 Å². The van der Waals surface area contributed by atoms with Crippen molar-refractivity contribution in [2.45, 2.75) is 48.8 Å². The first-order valence-electron chi connectivity index (χ1n) is 14.8. The van der Waals surface area contributed by atoms with Crippen LogP contribution in [0.4, 0.5) is 10.6 Å². The third-order valence-corrected chi connectivity index (χ3v) is 10.1. The summed E-state index contributed by atoms with van der Waals surface area (Å²) in [4.78, 5) is 15.2. The highest BCUT2D eigenvalue weighted by molar-refractivity contribution is 7.99. The zero-order chi connectivity index (χ0) is 32.4. The van der Waals surface area contributed by atoms with Crippen LogP contribution in [0.3, 0.4) is 0 Å². The average molecular weight is 650 g/mol. The summed E-state index contributed by atoms with van der Waals surface area (Å²) in [7, 11) is 0.